The van der Waals surface area contributed by atoms with Gasteiger partial charge in [0, 0.05) is 62.4 Å². The van der Waals surface area contributed by atoms with Gasteiger partial charge in [-0.15, -0.1) is 0 Å². The standard InChI is InChI=1S/C20H24N8/c1-15-13-17(26-20(21)25-15)24-14-16-5-4-8-23-19(16)28-11-9-27(10-12-28)18-6-2-3-7-22-18/h2-8,13H,9-12,14H2,1H3,(H3,21,24,25,26). The maximum Gasteiger partial charge on any atom is 0.222 e. The molecule has 1 aliphatic heterocycles. The quantitative estimate of drug-likeness (QED) is 0.699. The van der Waals surface area contributed by atoms with E-state index >= 15 is 0 Å². The van der Waals surface area contributed by atoms with Crippen molar-refractivity contribution in [1.82, 2.24) is 19.9 Å². The molecule has 0 aromatic carbocycles. The van der Waals surface area contributed by atoms with Crippen LogP contribution in [0, 0.1) is 6.92 Å². The molecule has 0 radical (unpaired) electrons. The third-order valence-electron chi connectivity index (χ3n) is 4.75. The Morgan fingerprint density at radius 3 is 2.50 bits per heavy atom. The Kier molecular flexibility index (Phi) is 5.18. The van der Waals surface area contributed by atoms with Gasteiger partial charge in [0.2, 0.25) is 5.95 Å². The van der Waals surface area contributed by atoms with Gasteiger partial charge in [0.25, 0.3) is 0 Å². The molecule has 0 unspecified atom stereocenters. The van der Waals surface area contributed by atoms with E-state index in [0.717, 1.165) is 54.9 Å². The first-order chi connectivity index (χ1) is 13.7. The maximum absolute atomic E-state index is 5.74. The van der Waals surface area contributed by atoms with Crippen LogP contribution in [-0.2, 0) is 6.54 Å². The van der Waals surface area contributed by atoms with Crippen LogP contribution in [0.4, 0.5) is 23.4 Å². The molecule has 3 N–H and O–H groups in total. The van der Waals surface area contributed by atoms with Crippen molar-refractivity contribution in [3.8, 4) is 0 Å². The van der Waals surface area contributed by atoms with E-state index in [-0.39, 0.29) is 5.95 Å². The van der Waals surface area contributed by atoms with E-state index < -0.39 is 0 Å². The van der Waals surface area contributed by atoms with Gasteiger partial charge in [-0.05, 0) is 25.1 Å². The Morgan fingerprint density at radius 2 is 1.75 bits per heavy atom. The lowest BCUT2D eigenvalue weighted by molar-refractivity contribution is 0.639. The third-order valence-corrected chi connectivity index (χ3v) is 4.75. The van der Waals surface area contributed by atoms with Crippen molar-refractivity contribution < 1.29 is 0 Å². The number of aromatic nitrogens is 4. The van der Waals surface area contributed by atoms with E-state index in [0.29, 0.717) is 6.54 Å². The first kappa shape index (κ1) is 18.0. The van der Waals surface area contributed by atoms with E-state index in [9.17, 15) is 0 Å². The summed E-state index contributed by atoms with van der Waals surface area (Å²) in [6.07, 6.45) is 3.68. The highest BCUT2D eigenvalue weighted by molar-refractivity contribution is 5.51. The van der Waals surface area contributed by atoms with Gasteiger partial charge in [0.1, 0.15) is 17.5 Å². The summed E-state index contributed by atoms with van der Waals surface area (Å²) in [5.74, 6) is 3.04. The molecule has 28 heavy (non-hydrogen) atoms. The van der Waals surface area contributed by atoms with Crippen LogP contribution in [0.1, 0.15) is 11.3 Å². The number of aryl methyl sites for hydroxylation is 1. The van der Waals surface area contributed by atoms with E-state index in [2.05, 4.69) is 47.2 Å². The number of nitrogen functional groups attached to an aromatic ring is 1. The van der Waals surface area contributed by atoms with Gasteiger partial charge in [0.15, 0.2) is 0 Å². The van der Waals surface area contributed by atoms with Crippen LogP contribution in [0.25, 0.3) is 0 Å². The van der Waals surface area contributed by atoms with Crippen molar-refractivity contribution in [1.29, 1.82) is 0 Å². The van der Waals surface area contributed by atoms with Crippen LogP contribution in [0.2, 0.25) is 0 Å². The van der Waals surface area contributed by atoms with Crippen LogP contribution in [-0.4, -0.2) is 46.1 Å². The fourth-order valence-corrected chi connectivity index (χ4v) is 3.41. The number of nitrogens with one attached hydrogen (secondary N) is 1. The zero-order chi connectivity index (χ0) is 19.3. The van der Waals surface area contributed by atoms with Gasteiger partial charge in [-0.2, -0.15) is 4.98 Å². The molecule has 0 aliphatic carbocycles. The minimum atomic E-state index is 0.277. The molecule has 0 saturated carbocycles. The second kappa shape index (κ2) is 8.08. The van der Waals surface area contributed by atoms with Crippen LogP contribution < -0.4 is 20.9 Å². The number of nitrogens with two attached hydrogens (primary N) is 1. The minimum Gasteiger partial charge on any atom is -0.368 e. The fourth-order valence-electron chi connectivity index (χ4n) is 3.41. The van der Waals surface area contributed by atoms with Crippen LogP contribution in [0.3, 0.4) is 0 Å². The predicted molar refractivity (Wildman–Crippen MR) is 111 cm³/mol. The van der Waals surface area contributed by atoms with Crippen molar-refractivity contribution >= 4 is 23.4 Å². The van der Waals surface area contributed by atoms with Crippen molar-refractivity contribution in [2.75, 3.05) is 47.0 Å². The molecule has 1 aliphatic rings. The van der Waals surface area contributed by atoms with Gasteiger partial charge in [0.05, 0.1) is 0 Å². The van der Waals surface area contributed by atoms with E-state index in [1.165, 1.54) is 0 Å². The van der Waals surface area contributed by atoms with E-state index in [4.69, 9.17) is 5.73 Å². The Labute approximate surface area is 164 Å². The predicted octanol–water partition coefficient (Wildman–Crippen LogP) is 2.10. The first-order valence-corrected chi connectivity index (χ1v) is 9.39. The lowest BCUT2D eigenvalue weighted by atomic mass is 10.2. The molecule has 0 bridgehead atoms. The fraction of sp³-hybridized carbons (Fsp3) is 0.300. The highest BCUT2D eigenvalue weighted by Gasteiger charge is 2.20. The van der Waals surface area contributed by atoms with Crippen molar-refractivity contribution in [3.63, 3.8) is 0 Å². The Hall–Kier alpha value is -3.42. The SMILES string of the molecule is Cc1cc(NCc2cccnc2N2CCN(c3ccccn3)CC2)nc(N)n1. The molecule has 8 heteroatoms. The smallest absolute Gasteiger partial charge is 0.222 e. The van der Waals surface area contributed by atoms with Gasteiger partial charge >= 0.3 is 0 Å². The van der Waals surface area contributed by atoms with Gasteiger partial charge in [-0.3, -0.25) is 0 Å². The molecule has 0 spiro atoms. The summed E-state index contributed by atoms with van der Waals surface area (Å²) >= 11 is 0. The molecule has 0 amide bonds. The normalized spacial score (nSPS) is 14.2. The van der Waals surface area contributed by atoms with Crippen LogP contribution >= 0.6 is 0 Å². The summed E-state index contributed by atoms with van der Waals surface area (Å²) in [4.78, 5) is 22.1. The summed E-state index contributed by atoms with van der Waals surface area (Å²) in [7, 11) is 0. The summed E-state index contributed by atoms with van der Waals surface area (Å²) in [5, 5.41) is 3.34. The lowest BCUT2D eigenvalue weighted by Gasteiger charge is -2.36. The molecule has 144 valence electrons. The molecule has 1 saturated heterocycles. The molecular formula is C20H24N8. The van der Waals surface area contributed by atoms with Crippen molar-refractivity contribution in [2.24, 2.45) is 0 Å². The number of anilines is 4. The Morgan fingerprint density at radius 1 is 0.964 bits per heavy atom. The average Bonchev–Trinajstić information content (AvgIpc) is 2.73. The average molecular weight is 376 g/mol. The molecule has 3 aromatic heterocycles. The molecule has 0 atom stereocenters. The molecule has 8 nitrogen and oxygen atoms in total. The second-order valence-corrected chi connectivity index (χ2v) is 6.75. The maximum atomic E-state index is 5.74. The molecule has 1 fully saturated rings. The van der Waals surface area contributed by atoms with Gasteiger partial charge < -0.3 is 20.9 Å². The summed E-state index contributed by atoms with van der Waals surface area (Å²) in [6.45, 7) is 6.17. The van der Waals surface area contributed by atoms with E-state index in [1.807, 2.05) is 43.6 Å². The minimum absolute atomic E-state index is 0.277. The first-order valence-electron chi connectivity index (χ1n) is 9.39. The largest absolute Gasteiger partial charge is 0.368 e. The summed E-state index contributed by atoms with van der Waals surface area (Å²) < 4.78 is 0. The topological polar surface area (TPSA) is 96.1 Å². The second-order valence-electron chi connectivity index (χ2n) is 6.75. The lowest BCUT2D eigenvalue weighted by Crippen LogP contribution is -2.47. The zero-order valence-electron chi connectivity index (χ0n) is 15.9. The van der Waals surface area contributed by atoms with E-state index in [1.54, 1.807) is 0 Å². The number of hydrogen-bond acceptors (Lipinski definition) is 8. The Bertz CT molecular complexity index is 902. The molecule has 3 aromatic rings. The highest BCUT2D eigenvalue weighted by Crippen LogP contribution is 2.22. The number of pyridine rings is 2. The number of rotatable bonds is 5. The monoisotopic (exact) mass is 376 g/mol. The van der Waals surface area contributed by atoms with Crippen LogP contribution in [0.15, 0.2) is 48.8 Å². The van der Waals surface area contributed by atoms with Crippen molar-refractivity contribution in [2.45, 2.75) is 13.5 Å². The number of hydrogen-bond donors (Lipinski definition) is 2. The number of piperazine rings is 1. The third kappa shape index (κ3) is 4.11. The molecule has 4 heterocycles. The summed E-state index contributed by atoms with van der Waals surface area (Å²) in [5.41, 5.74) is 7.71. The summed E-state index contributed by atoms with van der Waals surface area (Å²) in [6, 6.07) is 12.0. The zero-order valence-corrected chi connectivity index (χ0v) is 15.9. The van der Waals surface area contributed by atoms with Gasteiger partial charge in [-0.1, -0.05) is 12.1 Å². The number of nitrogens with zero attached hydrogens (tertiary/aromatic N) is 6. The molecular weight excluding hydrogens is 352 g/mol. The van der Waals surface area contributed by atoms with Crippen molar-refractivity contribution in [3.05, 3.63) is 60.0 Å². The van der Waals surface area contributed by atoms with Gasteiger partial charge in [-0.25, -0.2) is 15.0 Å². The molecule has 4 rings (SSSR count). The highest BCUT2D eigenvalue weighted by atomic mass is 15.3. The Balaban J connectivity index is 1.43. The van der Waals surface area contributed by atoms with Crippen LogP contribution in [0.5, 0.6) is 0 Å².